The van der Waals surface area contributed by atoms with Crippen LogP contribution in [-0.4, -0.2) is 64.8 Å². The van der Waals surface area contributed by atoms with Crippen molar-refractivity contribution in [2.24, 2.45) is 0 Å². The zero-order chi connectivity index (χ0) is 10.0. The Morgan fingerprint density at radius 1 is 1.23 bits per heavy atom. The molecule has 1 heterocycles. The molecule has 0 spiro atoms. The van der Waals surface area contributed by atoms with Gasteiger partial charge in [0.25, 0.3) is 0 Å². The normalized spacial score (nSPS) is 46.4. The zero-order valence-electron chi connectivity index (χ0n) is 7.20. The average Bonchev–Trinajstić information content (AvgIpc) is 2.13. The van der Waals surface area contributed by atoms with Gasteiger partial charge in [0, 0.05) is 7.11 Å². The molecule has 4 N–H and O–H groups in total. The van der Waals surface area contributed by atoms with Gasteiger partial charge in [-0.05, 0) is 0 Å². The maximum Gasteiger partial charge on any atom is 0.184 e. The first-order valence-electron chi connectivity index (χ1n) is 3.95. The molecule has 0 radical (unpaired) electrons. The van der Waals surface area contributed by atoms with Crippen LogP contribution in [0.5, 0.6) is 0 Å². The van der Waals surface area contributed by atoms with Gasteiger partial charge >= 0.3 is 0 Å². The first-order valence-corrected chi connectivity index (χ1v) is 3.95. The molecule has 1 fully saturated rings. The molecule has 0 aromatic rings. The van der Waals surface area contributed by atoms with Crippen LogP contribution in [0.15, 0.2) is 0 Å². The molecule has 1 rings (SSSR count). The molecule has 13 heavy (non-hydrogen) atoms. The van der Waals surface area contributed by atoms with Crippen LogP contribution in [0.3, 0.4) is 0 Å². The molecular weight excluding hydrogens is 180 g/mol. The summed E-state index contributed by atoms with van der Waals surface area (Å²) >= 11 is 0. The molecule has 0 aliphatic carbocycles. The highest BCUT2D eigenvalue weighted by Crippen LogP contribution is 2.21. The van der Waals surface area contributed by atoms with Crippen molar-refractivity contribution in [3.05, 3.63) is 0 Å². The van der Waals surface area contributed by atoms with Crippen molar-refractivity contribution >= 4 is 0 Å². The van der Waals surface area contributed by atoms with Crippen LogP contribution >= 0.6 is 0 Å². The van der Waals surface area contributed by atoms with Crippen molar-refractivity contribution < 1.29 is 29.9 Å². The highest BCUT2D eigenvalue weighted by Gasteiger charge is 2.43. The number of methoxy groups -OCH3 is 1. The third-order valence-corrected chi connectivity index (χ3v) is 2.11. The Bertz CT molecular complexity index is 161. The zero-order valence-corrected chi connectivity index (χ0v) is 7.20. The molecule has 0 amide bonds. The fraction of sp³-hybridized carbons (Fsp3) is 1.00. The van der Waals surface area contributed by atoms with Gasteiger partial charge in [-0.2, -0.15) is 0 Å². The summed E-state index contributed by atoms with van der Waals surface area (Å²) in [4.78, 5) is 0. The predicted molar refractivity (Wildman–Crippen MR) is 40.8 cm³/mol. The lowest BCUT2D eigenvalue weighted by molar-refractivity contribution is -0.290. The molecule has 6 nitrogen and oxygen atoms in total. The first-order chi connectivity index (χ1) is 6.11. The molecule has 0 saturated carbocycles. The molecule has 1 aliphatic rings. The summed E-state index contributed by atoms with van der Waals surface area (Å²) in [7, 11) is 1.32. The summed E-state index contributed by atoms with van der Waals surface area (Å²) in [6, 6.07) is 0. The number of ether oxygens (including phenoxy) is 2. The van der Waals surface area contributed by atoms with Gasteiger partial charge in [0.2, 0.25) is 0 Å². The van der Waals surface area contributed by atoms with E-state index < -0.39 is 30.7 Å². The number of aliphatic hydroxyl groups excluding tert-OH is 4. The maximum atomic E-state index is 9.38. The summed E-state index contributed by atoms with van der Waals surface area (Å²) < 4.78 is 9.61. The van der Waals surface area contributed by atoms with E-state index in [-0.39, 0.29) is 6.61 Å². The van der Waals surface area contributed by atoms with E-state index in [1.165, 1.54) is 7.11 Å². The van der Waals surface area contributed by atoms with Crippen LogP contribution in [0.1, 0.15) is 0 Å². The van der Waals surface area contributed by atoms with Crippen molar-refractivity contribution in [2.45, 2.75) is 30.7 Å². The largest absolute Gasteiger partial charge is 0.394 e. The minimum absolute atomic E-state index is 0.390. The van der Waals surface area contributed by atoms with Crippen molar-refractivity contribution in [3.63, 3.8) is 0 Å². The lowest BCUT2D eigenvalue weighted by atomic mass is 9.99. The maximum absolute atomic E-state index is 9.38. The van der Waals surface area contributed by atoms with Crippen molar-refractivity contribution in [2.75, 3.05) is 13.7 Å². The van der Waals surface area contributed by atoms with Crippen LogP contribution in [0, 0.1) is 0 Å². The molecule has 5 atom stereocenters. The second kappa shape index (κ2) is 4.32. The Kier molecular flexibility index (Phi) is 3.60. The van der Waals surface area contributed by atoms with E-state index in [4.69, 9.17) is 19.7 Å². The number of hydrogen-bond donors (Lipinski definition) is 4. The average molecular weight is 194 g/mol. The molecular formula is C7H14O6. The number of rotatable bonds is 2. The summed E-state index contributed by atoms with van der Waals surface area (Å²) in [5.41, 5.74) is 0. The third-order valence-electron chi connectivity index (χ3n) is 2.11. The van der Waals surface area contributed by atoms with Gasteiger partial charge in [0.15, 0.2) is 6.29 Å². The Hall–Kier alpha value is -0.240. The molecule has 1 aliphatic heterocycles. The fourth-order valence-electron chi connectivity index (χ4n) is 1.36. The second-order valence-corrected chi connectivity index (χ2v) is 2.93. The Balaban J connectivity index is 2.69. The van der Waals surface area contributed by atoms with E-state index in [9.17, 15) is 10.2 Å². The smallest absolute Gasteiger partial charge is 0.184 e. The quantitative estimate of drug-likeness (QED) is 0.386. The van der Waals surface area contributed by atoms with E-state index in [2.05, 4.69) is 0 Å². The molecule has 0 aromatic heterocycles. The highest BCUT2D eigenvalue weighted by atomic mass is 16.6. The van der Waals surface area contributed by atoms with Crippen molar-refractivity contribution in [1.82, 2.24) is 0 Å². The van der Waals surface area contributed by atoms with Gasteiger partial charge in [-0.15, -0.1) is 0 Å². The first kappa shape index (κ1) is 10.8. The van der Waals surface area contributed by atoms with Gasteiger partial charge in [-0.25, -0.2) is 0 Å². The van der Waals surface area contributed by atoms with Gasteiger partial charge < -0.3 is 29.9 Å². The van der Waals surface area contributed by atoms with Crippen LogP contribution in [-0.2, 0) is 9.47 Å². The third kappa shape index (κ3) is 1.98. The van der Waals surface area contributed by atoms with Crippen LogP contribution in [0.25, 0.3) is 0 Å². The van der Waals surface area contributed by atoms with Gasteiger partial charge in [-0.1, -0.05) is 0 Å². The molecule has 78 valence electrons. The fourth-order valence-corrected chi connectivity index (χ4v) is 1.36. The Morgan fingerprint density at radius 3 is 2.31 bits per heavy atom. The summed E-state index contributed by atoms with van der Waals surface area (Å²) in [6.07, 6.45) is -5.81. The summed E-state index contributed by atoms with van der Waals surface area (Å²) in [5.74, 6) is 0. The molecule has 0 aromatic carbocycles. The van der Waals surface area contributed by atoms with Gasteiger partial charge in [-0.3, -0.25) is 0 Å². The lowest BCUT2D eigenvalue weighted by Gasteiger charge is -2.39. The van der Waals surface area contributed by atoms with Crippen LogP contribution in [0.2, 0.25) is 0 Å². The van der Waals surface area contributed by atoms with E-state index in [0.29, 0.717) is 0 Å². The second-order valence-electron chi connectivity index (χ2n) is 2.93. The highest BCUT2D eigenvalue weighted by molar-refractivity contribution is 4.89. The molecule has 1 saturated heterocycles. The predicted octanol–water partition coefficient (Wildman–Crippen LogP) is -2.57. The van der Waals surface area contributed by atoms with Crippen LogP contribution in [0.4, 0.5) is 0 Å². The molecule has 6 heteroatoms. The van der Waals surface area contributed by atoms with E-state index in [1.54, 1.807) is 0 Å². The minimum atomic E-state index is -1.49. The van der Waals surface area contributed by atoms with Crippen molar-refractivity contribution in [1.29, 1.82) is 0 Å². The summed E-state index contributed by atoms with van der Waals surface area (Å²) in [6.45, 7) is -0.390. The van der Waals surface area contributed by atoms with Gasteiger partial charge in [0.05, 0.1) is 6.61 Å². The van der Waals surface area contributed by atoms with Crippen LogP contribution < -0.4 is 0 Å². The van der Waals surface area contributed by atoms with E-state index in [1.807, 2.05) is 0 Å². The Morgan fingerprint density at radius 2 is 1.85 bits per heavy atom. The van der Waals surface area contributed by atoms with Crippen molar-refractivity contribution in [3.8, 4) is 0 Å². The van der Waals surface area contributed by atoms with E-state index in [0.717, 1.165) is 0 Å². The molecule has 2 unspecified atom stereocenters. The van der Waals surface area contributed by atoms with Gasteiger partial charge in [0.1, 0.15) is 24.4 Å². The minimum Gasteiger partial charge on any atom is -0.394 e. The lowest BCUT2D eigenvalue weighted by Crippen LogP contribution is -2.59. The monoisotopic (exact) mass is 194 g/mol. The number of hydrogen-bond acceptors (Lipinski definition) is 6. The summed E-state index contributed by atoms with van der Waals surface area (Å²) in [5, 5.41) is 36.4. The Labute approximate surface area is 75.3 Å². The number of aliphatic hydroxyl groups is 4. The topological polar surface area (TPSA) is 99.4 Å². The SMILES string of the molecule is CO[C@H]1C(CO)O[C@H](O)C(O)[C@@H]1O. The molecule has 0 bridgehead atoms. The standard InChI is InChI=1S/C7H14O6/c1-12-6-3(2-8)13-7(11)5(10)4(6)9/h3-11H,2H2,1H3/t3?,4-,5?,6-,7-/m0/s1. The van der Waals surface area contributed by atoms with E-state index >= 15 is 0 Å².